The molecular weight excluding hydrogens is 307 g/mol. The molecule has 0 amide bonds. The molecule has 24 heavy (non-hydrogen) atoms. The first kappa shape index (κ1) is 15.4. The summed E-state index contributed by atoms with van der Waals surface area (Å²) in [7, 11) is 0. The topological polar surface area (TPSA) is 27.3 Å². The van der Waals surface area contributed by atoms with Crippen LogP contribution in [-0.2, 0) is 13.1 Å². The van der Waals surface area contributed by atoms with Gasteiger partial charge in [-0.25, -0.2) is 4.39 Å². The van der Waals surface area contributed by atoms with Gasteiger partial charge in [-0.3, -0.25) is 0 Å². The van der Waals surface area contributed by atoms with Crippen molar-refractivity contribution in [2.45, 2.75) is 13.1 Å². The van der Waals surface area contributed by atoms with E-state index in [9.17, 15) is 4.39 Å². The van der Waals surface area contributed by atoms with Gasteiger partial charge in [0.1, 0.15) is 45.1 Å². The molecule has 1 fully saturated rings. The minimum absolute atomic E-state index is 0.140. The highest BCUT2D eigenvalue weighted by molar-refractivity contribution is 5.44. The first-order valence-electron chi connectivity index (χ1n) is 8.56. The minimum atomic E-state index is -0.140. The maximum atomic E-state index is 13.3. The molecule has 2 aliphatic rings. The summed E-state index contributed by atoms with van der Waals surface area (Å²) < 4.78 is 24.1. The molecule has 2 N–H and O–H groups in total. The predicted octanol–water partition coefficient (Wildman–Crippen LogP) is 0.0380. The van der Waals surface area contributed by atoms with E-state index < -0.39 is 0 Å². The number of quaternary nitrogens is 2. The van der Waals surface area contributed by atoms with Crippen LogP contribution in [0.4, 0.5) is 4.39 Å². The lowest BCUT2D eigenvalue weighted by molar-refractivity contribution is -1.02. The zero-order chi connectivity index (χ0) is 16.4. The number of ether oxygens (including phenoxy) is 2. The maximum absolute atomic E-state index is 13.3. The van der Waals surface area contributed by atoms with E-state index in [1.807, 2.05) is 12.1 Å². The summed E-state index contributed by atoms with van der Waals surface area (Å²) in [5, 5.41) is 0. The molecule has 1 saturated heterocycles. The Morgan fingerprint density at radius 1 is 0.792 bits per heavy atom. The Balaban J connectivity index is 1.30. The van der Waals surface area contributed by atoms with Gasteiger partial charge in [-0.1, -0.05) is 12.1 Å². The molecule has 5 heteroatoms. The third-order valence-electron chi connectivity index (χ3n) is 4.90. The molecule has 4 nitrogen and oxygen atoms in total. The van der Waals surface area contributed by atoms with Crippen LogP contribution in [0.1, 0.15) is 11.1 Å². The van der Waals surface area contributed by atoms with Gasteiger partial charge < -0.3 is 19.3 Å². The number of rotatable bonds is 4. The van der Waals surface area contributed by atoms with Crippen molar-refractivity contribution in [3.05, 3.63) is 59.4 Å². The van der Waals surface area contributed by atoms with E-state index in [0.29, 0.717) is 6.79 Å². The third kappa shape index (κ3) is 3.52. The Labute approximate surface area is 141 Å². The zero-order valence-electron chi connectivity index (χ0n) is 13.7. The molecule has 2 aliphatic heterocycles. The van der Waals surface area contributed by atoms with Crippen LogP contribution < -0.4 is 19.3 Å². The highest BCUT2D eigenvalue weighted by atomic mass is 19.1. The molecule has 0 unspecified atom stereocenters. The summed E-state index contributed by atoms with van der Waals surface area (Å²) in [5.41, 5.74) is 2.38. The number of fused-ring (bicyclic) bond motifs is 1. The fourth-order valence-corrected chi connectivity index (χ4v) is 3.59. The molecule has 4 rings (SSSR count). The fraction of sp³-hybridized carbons (Fsp3) is 0.368. The van der Waals surface area contributed by atoms with Crippen LogP contribution in [0.3, 0.4) is 0 Å². The summed E-state index contributed by atoms with van der Waals surface area (Å²) in [6.45, 7) is 6.78. The average Bonchev–Trinajstić information content (AvgIpc) is 3.04. The third-order valence-corrected chi connectivity index (χ3v) is 4.90. The standard InChI is InChI=1S/C19H21FN2O2/c20-17-3-1-2-15(10-17)12-21-6-8-22(9-7-21)13-16-4-5-18-19(11-16)24-14-23-18/h1-5,10-11H,6-9,12-14H2/p+2. The summed E-state index contributed by atoms with van der Waals surface area (Å²) in [6.07, 6.45) is 0. The van der Waals surface area contributed by atoms with E-state index in [4.69, 9.17) is 9.47 Å². The Hall–Kier alpha value is -2.11. The van der Waals surface area contributed by atoms with Crippen molar-refractivity contribution < 1.29 is 23.7 Å². The van der Waals surface area contributed by atoms with Crippen molar-refractivity contribution >= 4 is 0 Å². The molecular formula is C19H23FN2O2+2. The van der Waals surface area contributed by atoms with Crippen molar-refractivity contribution in [3.63, 3.8) is 0 Å². The average molecular weight is 330 g/mol. The first-order chi connectivity index (χ1) is 11.8. The van der Waals surface area contributed by atoms with Gasteiger partial charge in [-0.2, -0.15) is 0 Å². The number of hydrogen-bond acceptors (Lipinski definition) is 2. The zero-order valence-corrected chi connectivity index (χ0v) is 13.7. The van der Waals surface area contributed by atoms with Gasteiger partial charge in [0.2, 0.25) is 6.79 Å². The monoisotopic (exact) mass is 330 g/mol. The quantitative estimate of drug-likeness (QED) is 0.828. The van der Waals surface area contributed by atoms with E-state index in [0.717, 1.165) is 56.3 Å². The van der Waals surface area contributed by atoms with Crippen LogP contribution in [-0.4, -0.2) is 33.0 Å². The second-order valence-electron chi connectivity index (χ2n) is 6.67. The molecule has 0 saturated carbocycles. The number of nitrogens with one attached hydrogen (secondary N) is 2. The molecule has 0 aliphatic carbocycles. The molecule has 0 aromatic heterocycles. The van der Waals surface area contributed by atoms with Crippen LogP contribution in [0.15, 0.2) is 42.5 Å². The lowest BCUT2D eigenvalue weighted by Gasteiger charge is -2.29. The van der Waals surface area contributed by atoms with Crippen LogP contribution in [0, 0.1) is 5.82 Å². The Morgan fingerprint density at radius 3 is 2.17 bits per heavy atom. The summed E-state index contributed by atoms with van der Waals surface area (Å²) in [6, 6.07) is 13.2. The molecule has 0 bridgehead atoms. The number of benzene rings is 2. The number of halogens is 1. The second-order valence-corrected chi connectivity index (χ2v) is 6.67. The van der Waals surface area contributed by atoms with E-state index in [1.54, 1.807) is 17.0 Å². The molecule has 2 aromatic carbocycles. The minimum Gasteiger partial charge on any atom is -0.454 e. The van der Waals surface area contributed by atoms with Crippen LogP contribution >= 0.6 is 0 Å². The van der Waals surface area contributed by atoms with Gasteiger partial charge in [0.25, 0.3) is 0 Å². The highest BCUT2D eigenvalue weighted by Gasteiger charge is 2.24. The lowest BCUT2D eigenvalue weighted by atomic mass is 10.1. The van der Waals surface area contributed by atoms with Gasteiger partial charge in [0, 0.05) is 11.1 Å². The maximum Gasteiger partial charge on any atom is 0.231 e. The fourth-order valence-electron chi connectivity index (χ4n) is 3.59. The molecule has 2 aromatic rings. The van der Waals surface area contributed by atoms with Crippen molar-refractivity contribution in [2.75, 3.05) is 33.0 Å². The summed E-state index contributed by atoms with van der Waals surface area (Å²) in [4.78, 5) is 3.13. The van der Waals surface area contributed by atoms with Gasteiger partial charge >= 0.3 is 0 Å². The Morgan fingerprint density at radius 2 is 1.46 bits per heavy atom. The normalized spacial score (nSPS) is 22.5. The molecule has 0 atom stereocenters. The smallest absolute Gasteiger partial charge is 0.231 e. The Bertz CT molecular complexity index is 714. The Kier molecular flexibility index (Phi) is 4.36. The van der Waals surface area contributed by atoms with Gasteiger partial charge in [0.05, 0.1) is 0 Å². The molecule has 0 radical (unpaired) electrons. The second kappa shape index (κ2) is 6.79. The predicted molar refractivity (Wildman–Crippen MR) is 87.8 cm³/mol. The summed E-state index contributed by atoms with van der Waals surface area (Å²) >= 11 is 0. The first-order valence-corrected chi connectivity index (χ1v) is 8.56. The van der Waals surface area contributed by atoms with E-state index in [1.165, 1.54) is 16.5 Å². The number of piperazine rings is 1. The van der Waals surface area contributed by atoms with Gasteiger partial charge in [-0.15, -0.1) is 0 Å². The van der Waals surface area contributed by atoms with E-state index in [-0.39, 0.29) is 5.82 Å². The number of hydrogen-bond donors (Lipinski definition) is 2. The van der Waals surface area contributed by atoms with Crippen molar-refractivity contribution in [1.82, 2.24) is 0 Å². The summed E-state index contributed by atoms with van der Waals surface area (Å²) in [5.74, 6) is 1.57. The molecule has 126 valence electrons. The molecule has 0 spiro atoms. The van der Waals surface area contributed by atoms with Crippen LogP contribution in [0.5, 0.6) is 11.5 Å². The highest BCUT2D eigenvalue weighted by Crippen LogP contribution is 2.32. The van der Waals surface area contributed by atoms with Crippen molar-refractivity contribution in [2.24, 2.45) is 0 Å². The van der Waals surface area contributed by atoms with Crippen molar-refractivity contribution in [3.8, 4) is 11.5 Å². The van der Waals surface area contributed by atoms with Crippen LogP contribution in [0.2, 0.25) is 0 Å². The lowest BCUT2D eigenvalue weighted by Crippen LogP contribution is -3.27. The molecule has 2 heterocycles. The van der Waals surface area contributed by atoms with Crippen molar-refractivity contribution in [1.29, 1.82) is 0 Å². The van der Waals surface area contributed by atoms with Gasteiger partial charge in [-0.05, 0) is 30.3 Å². The van der Waals surface area contributed by atoms with Gasteiger partial charge in [0.15, 0.2) is 11.5 Å². The SMILES string of the molecule is Fc1cccc(C[NH+]2CC[NH+](Cc3ccc4c(c3)OCO4)CC2)c1. The van der Waals surface area contributed by atoms with E-state index in [2.05, 4.69) is 12.1 Å². The largest absolute Gasteiger partial charge is 0.454 e. The van der Waals surface area contributed by atoms with Crippen LogP contribution in [0.25, 0.3) is 0 Å². The van der Waals surface area contributed by atoms with E-state index >= 15 is 0 Å².